The summed E-state index contributed by atoms with van der Waals surface area (Å²) in [4.78, 5) is 30.7. The van der Waals surface area contributed by atoms with Crippen LogP contribution in [0.2, 0.25) is 0 Å². The molecule has 0 spiro atoms. The van der Waals surface area contributed by atoms with Crippen LogP contribution in [0, 0.1) is 5.82 Å². The lowest BCUT2D eigenvalue weighted by molar-refractivity contribution is -0.134. The summed E-state index contributed by atoms with van der Waals surface area (Å²) in [5.41, 5.74) is 4.99. The van der Waals surface area contributed by atoms with E-state index in [-0.39, 0.29) is 36.1 Å². The highest BCUT2D eigenvalue weighted by atomic mass is 19.1. The minimum atomic E-state index is -0.341. The van der Waals surface area contributed by atoms with Gasteiger partial charge in [-0.05, 0) is 36.2 Å². The molecule has 29 heavy (non-hydrogen) atoms. The summed E-state index contributed by atoms with van der Waals surface area (Å²) >= 11 is 0. The van der Waals surface area contributed by atoms with Crippen LogP contribution in [-0.2, 0) is 16.1 Å². The Hall–Kier alpha value is -3.26. The maximum Gasteiger partial charge on any atom is 0.250 e. The van der Waals surface area contributed by atoms with Gasteiger partial charge < -0.3 is 15.2 Å². The first-order valence-electron chi connectivity index (χ1n) is 9.55. The minimum Gasteiger partial charge on any atom is -0.350 e. The Balaban J connectivity index is 1.29. The number of pyridine rings is 1. The van der Waals surface area contributed by atoms with Crippen molar-refractivity contribution in [2.75, 3.05) is 6.54 Å². The third-order valence-corrected chi connectivity index (χ3v) is 5.12. The molecule has 2 N–H and O–H groups in total. The van der Waals surface area contributed by atoms with E-state index >= 15 is 0 Å². The number of carbonyl (C=O) groups excluding carboxylic acids is 2. The fourth-order valence-electron chi connectivity index (χ4n) is 3.54. The molecule has 0 bridgehead atoms. The van der Waals surface area contributed by atoms with Crippen LogP contribution in [0.15, 0.2) is 61.1 Å². The van der Waals surface area contributed by atoms with Crippen LogP contribution < -0.4 is 10.7 Å². The van der Waals surface area contributed by atoms with Crippen LogP contribution in [0.4, 0.5) is 4.39 Å². The second-order valence-corrected chi connectivity index (χ2v) is 7.07. The molecule has 1 aromatic carbocycles. The van der Waals surface area contributed by atoms with Crippen molar-refractivity contribution in [3.63, 3.8) is 0 Å². The predicted octanol–water partition coefficient (Wildman–Crippen LogP) is 1.86. The van der Waals surface area contributed by atoms with E-state index in [1.54, 1.807) is 40.6 Å². The van der Waals surface area contributed by atoms with Gasteiger partial charge in [-0.25, -0.2) is 9.82 Å². The van der Waals surface area contributed by atoms with Crippen molar-refractivity contribution in [2.24, 2.45) is 0 Å². The molecular formula is C21H22FN5O2. The molecule has 2 aromatic rings. The van der Waals surface area contributed by atoms with Gasteiger partial charge in [-0.15, -0.1) is 0 Å². The summed E-state index contributed by atoms with van der Waals surface area (Å²) in [5.74, 6) is -0.469. The molecule has 2 amide bonds. The maximum absolute atomic E-state index is 13.1. The van der Waals surface area contributed by atoms with Gasteiger partial charge in [-0.1, -0.05) is 18.2 Å². The summed E-state index contributed by atoms with van der Waals surface area (Å²) in [7, 11) is 0. The Morgan fingerprint density at radius 1 is 1.21 bits per heavy atom. The molecule has 150 valence electrons. The molecule has 4 rings (SSSR count). The van der Waals surface area contributed by atoms with Gasteiger partial charge in [0.2, 0.25) is 5.91 Å². The van der Waals surface area contributed by atoms with Gasteiger partial charge in [0.05, 0.1) is 18.3 Å². The number of rotatable bonds is 6. The molecule has 2 aliphatic heterocycles. The van der Waals surface area contributed by atoms with E-state index in [1.807, 2.05) is 18.2 Å². The normalized spacial score (nSPS) is 20.7. The highest BCUT2D eigenvalue weighted by molar-refractivity contribution is 5.85. The van der Waals surface area contributed by atoms with E-state index in [1.165, 1.54) is 12.1 Å². The molecule has 7 nitrogen and oxygen atoms in total. The molecule has 0 saturated carbocycles. The lowest BCUT2D eigenvalue weighted by Crippen LogP contribution is -2.48. The molecule has 2 aliphatic rings. The molecule has 1 saturated heterocycles. The highest BCUT2D eigenvalue weighted by Crippen LogP contribution is 2.30. The first kappa shape index (κ1) is 19.1. The monoisotopic (exact) mass is 395 g/mol. The van der Waals surface area contributed by atoms with E-state index in [2.05, 4.69) is 15.7 Å². The van der Waals surface area contributed by atoms with E-state index < -0.39 is 0 Å². The second-order valence-electron chi connectivity index (χ2n) is 7.07. The quantitative estimate of drug-likeness (QED) is 0.781. The second kappa shape index (κ2) is 8.40. The van der Waals surface area contributed by atoms with E-state index in [0.717, 1.165) is 11.3 Å². The van der Waals surface area contributed by atoms with Crippen LogP contribution in [0.25, 0.3) is 0 Å². The van der Waals surface area contributed by atoms with Gasteiger partial charge >= 0.3 is 0 Å². The number of nitrogens with one attached hydrogen (secondary N) is 2. The average molecular weight is 395 g/mol. The van der Waals surface area contributed by atoms with Crippen LogP contribution in [0.1, 0.15) is 30.1 Å². The number of carbonyl (C=O) groups is 2. The number of hydrogen-bond acceptors (Lipinski definition) is 5. The van der Waals surface area contributed by atoms with Crippen molar-refractivity contribution in [3.8, 4) is 0 Å². The van der Waals surface area contributed by atoms with Crippen molar-refractivity contribution >= 4 is 11.8 Å². The lowest BCUT2D eigenvalue weighted by Gasteiger charge is -2.31. The molecule has 3 heterocycles. The fourth-order valence-corrected chi connectivity index (χ4v) is 3.54. The Bertz CT molecular complexity index is 903. The molecule has 1 aromatic heterocycles. The number of nitrogens with zero attached hydrogens (tertiary/aromatic N) is 3. The van der Waals surface area contributed by atoms with Crippen molar-refractivity contribution in [1.29, 1.82) is 0 Å². The van der Waals surface area contributed by atoms with E-state index in [0.29, 0.717) is 19.5 Å². The Labute approximate surface area is 168 Å². The first-order valence-corrected chi connectivity index (χ1v) is 9.55. The minimum absolute atomic E-state index is 0.0536. The number of aromatic nitrogens is 1. The molecule has 2 atom stereocenters. The molecule has 1 fully saturated rings. The number of hydrazine groups is 1. The molecule has 2 unspecified atom stereocenters. The van der Waals surface area contributed by atoms with E-state index in [9.17, 15) is 14.0 Å². The van der Waals surface area contributed by atoms with Gasteiger partial charge in [0.1, 0.15) is 11.9 Å². The Morgan fingerprint density at radius 2 is 2.03 bits per heavy atom. The topological polar surface area (TPSA) is 77.6 Å². The largest absolute Gasteiger partial charge is 0.350 e. The SMILES string of the molecule is O=C(CCN1C=CN2NC(c3ccc(F)cc3)CC2C1=O)NCc1ccccn1. The Morgan fingerprint density at radius 3 is 2.79 bits per heavy atom. The zero-order valence-electron chi connectivity index (χ0n) is 15.8. The van der Waals surface area contributed by atoms with Gasteiger partial charge in [0.25, 0.3) is 5.91 Å². The first-order chi connectivity index (χ1) is 14.1. The zero-order chi connectivity index (χ0) is 20.2. The number of benzene rings is 1. The van der Waals surface area contributed by atoms with Gasteiger partial charge in [-0.2, -0.15) is 0 Å². The predicted molar refractivity (Wildman–Crippen MR) is 104 cm³/mol. The summed E-state index contributed by atoms with van der Waals surface area (Å²) < 4.78 is 13.1. The highest BCUT2D eigenvalue weighted by Gasteiger charge is 2.39. The Kier molecular flexibility index (Phi) is 5.53. The maximum atomic E-state index is 13.1. The summed E-state index contributed by atoms with van der Waals surface area (Å²) in [6.45, 7) is 0.679. The van der Waals surface area contributed by atoms with Gasteiger partial charge in [0.15, 0.2) is 0 Å². The number of fused-ring (bicyclic) bond motifs is 1. The summed E-state index contributed by atoms with van der Waals surface area (Å²) in [6.07, 6.45) is 5.97. The van der Waals surface area contributed by atoms with Crippen LogP contribution in [0.5, 0.6) is 0 Å². The van der Waals surface area contributed by atoms with Gasteiger partial charge in [-0.3, -0.25) is 14.6 Å². The third kappa shape index (κ3) is 4.43. The summed E-state index contributed by atoms with van der Waals surface area (Å²) in [5, 5.41) is 4.60. The molecule has 0 aliphatic carbocycles. The van der Waals surface area contributed by atoms with Crippen LogP contribution in [-0.4, -0.2) is 39.3 Å². The van der Waals surface area contributed by atoms with Crippen LogP contribution >= 0.6 is 0 Å². The van der Waals surface area contributed by atoms with Crippen molar-refractivity contribution < 1.29 is 14.0 Å². The number of hydrogen-bond donors (Lipinski definition) is 2. The van der Waals surface area contributed by atoms with Crippen molar-refractivity contribution in [1.82, 2.24) is 25.6 Å². The van der Waals surface area contributed by atoms with Crippen molar-refractivity contribution in [2.45, 2.75) is 31.5 Å². The van der Waals surface area contributed by atoms with Crippen LogP contribution in [0.3, 0.4) is 0 Å². The van der Waals surface area contributed by atoms with Crippen molar-refractivity contribution in [3.05, 3.63) is 78.1 Å². The number of amides is 2. The average Bonchev–Trinajstić information content (AvgIpc) is 3.18. The number of halogens is 1. The lowest BCUT2D eigenvalue weighted by atomic mass is 10.0. The van der Waals surface area contributed by atoms with E-state index in [4.69, 9.17) is 0 Å². The standard InChI is InChI=1S/C21H22FN5O2/c22-16-6-4-15(5-7-16)18-13-19-21(29)26(11-12-27(19)25-18)10-8-20(28)24-14-17-3-1-2-9-23-17/h1-7,9,11-12,18-19,25H,8,10,13-14H2,(H,24,28). The third-order valence-electron chi connectivity index (χ3n) is 5.12. The summed E-state index contributed by atoms with van der Waals surface area (Å²) in [6, 6.07) is 11.4. The van der Waals surface area contributed by atoms with Gasteiger partial charge in [0, 0.05) is 31.6 Å². The fraction of sp³-hybridized carbons (Fsp3) is 0.286. The molecule has 0 radical (unpaired) electrons. The zero-order valence-corrected chi connectivity index (χ0v) is 15.8. The molecular weight excluding hydrogens is 373 g/mol. The smallest absolute Gasteiger partial charge is 0.250 e. The molecule has 8 heteroatoms.